The molecule has 3 aromatic rings. The van der Waals surface area contributed by atoms with Gasteiger partial charge in [0, 0.05) is 12.5 Å². The van der Waals surface area contributed by atoms with Crippen LogP contribution < -0.4 is 20.7 Å². The van der Waals surface area contributed by atoms with Gasteiger partial charge in [-0.3, -0.25) is 13.9 Å². The number of rotatable bonds is 7. The lowest BCUT2D eigenvalue weighted by Crippen LogP contribution is -2.39. The molecule has 1 saturated carbocycles. The summed E-state index contributed by atoms with van der Waals surface area (Å²) < 4.78 is 14.5. The van der Waals surface area contributed by atoms with E-state index in [1.807, 2.05) is 32.0 Å². The molecule has 0 aliphatic heterocycles. The molecule has 4 rings (SSSR count). The van der Waals surface area contributed by atoms with Crippen LogP contribution in [-0.4, -0.2) is 32.3 Å². The van der Waals surface area contributed by atoms with Gasteiger partial charge in [0.25, 0.3) is 5.56 Å². The second-order valence-corrected chi connectivity index (χ2v) is 8.40. The van der Waals surface area contributed by atoms with Crippen molar-refractivity contribution in [3.05, 3.63) is 50.4 Å². The zero-order valence-corrected chi connectivity index (χ0v) is 18.6. The number of aromatic amines is 1. The molecule has 1 fully saturated rings. The average Bonchev–Trinajstić information content (AvgIpc) is 3.42. The van der Waals surface area contributed by atoms with E-state index < -0.39 is 0 Å². The number of methoxy groups -OCH3 is 1. The highest BCUT2D eigenvalue weighted by molar-refractivity contribution is 5.70. The van der Waals surface area contributed by atoms with E-state index in [0.29, 0.717) is 35.0 Å². The molecule has 1 aromatic carbocycles. The van der Waals surface area contributed by atoms with Gasteiger partial charge < -0.3 is 14.5 Å². The van der Waals surface area contributed by atoms with Crippen molar-refractivity contribution in [3.8, 4) is 11.5 Å². The lowest BCUT2D eigenvalue weighted by molar-refractivity contribution is 0.200. The molecule has 2 aromatic heterocycles. The van der Waals surface area contributed by atoms with Crippen molar-refractivity contribution < 1.29 is 9.47 Å². The zero-order valence-electron chi connectivity index (χ0n) is 18.6. The Morgan fingerprint density at radius 3 is 2.55 bits per heavy atom. The molecular weight excluding hydrogens is 396 g/mol. The number of benzene rings is 1. The molecule has 166 valence electrons. The van der Waals surface area contributed by atoms with Crippen LogP contribution in [0.2, 0.25) is 0 Å². The Balaban J connectivity index is 1.79. The molecular formula is C23H30N4O4. The first kappa shape index (κ1) is 21.2. The van der Waals surface area contributed by atoms with Crippen molar-refractivity contribution in [1.82, 2.24) is 19.1 Å². The summed E-state index contributed by atoms with van der Waals surface area (Å²) in [5.41, 5.74) is 0.931. The van der Waals surface area contributed by atoms with E-state index in [4.69, 9.17) is 9.47 Å². The van der Waals surface area contributed by atoms with Crippen molar-refractivity contribution in [2.24, 2.45) is 0 Å². The molecule has 0 bridgehead atoms. The van der Waals surface area contributed by atoms with Crippen LogP contribution in [0.15, 0.2) is 27.8 Å². The number of imidazole rings is 1. The fourth-order valence-electron chi connectivity index (χ4n) is 4.16. The number of H-pyrrole nitrogens is 1. The monoisotopic (exact) mass is 426 g/mol. The third-order valence-corrected chi connectivity index (χ3v) is 5.91. The first-order chi connectivity index (χ1) is 14.9. The van der Waals surface area contributed by atoms with E-state index in [-0.39, 0.29) is 29.8 Å². The van der Waals surface area contributed by atoms with Gasteiger partial charge in [-0.2, -0.15) is 0 Å². The molecule has 1 aliphatic carbocycles. The van der Waals surface area contributed by atoms with Crippen LogP contribution in [0.4, 0.5) is 0 Å². The molecule has 8 heteroatoms. The van der Waals surface area contributed by atoms with Gasteiger partial charge in [-0.15, -0.1) is 0 Å². The van der Waals surface area contributed by atoms with Crippen LogP contribution in [0.3, 0.4) is 0 Å². The van der Waals surface area contributed by atoms with Crippen LogP contribution in [-0.2, 0) is 13.1 Å². The van der Waals surface area contributed by atoms with Crippen LogP contribution in [0.1, 0.15) is 63.8 Å². The Hall–Kier alpha value is -3.03. The second-order valence-electron chi connectivity index (χ2n) is 8.40. The first-order valence-electron chi connectivity index (χ1n) is 11.0. The Morgan fingerprint density at radius 1 is 1.16 bits per heavy atom. The molecule has 0 spiro atoms. The lowest BCUT2D eigenvalue weighted by atomic mass is 10.2. The SMILES string of the molecule is CCn1c(=O)c2[nH]c(C(C)C)nc2n(Cc2ccc(OC)c(OC3CCCC3)c2)c1=O. The van der Waals surface area contributed by atoms with Crippen molar-refractivity contribution >= 4 is 11.2 Å². The minimum Gasteiger partial charge on any atom is -0.493 e. The summed E-state index contributed by atoms with van der Waals surface area (Å²) in [4.78, 5) is 33.6. The minimum absolute atomic E-state index is 0.109. The predicted molar refractivity (Wildman–Crippen MR) is 119 cm³/mol. The molecule has 0 unspecified atom stereocenters. The smallest absolute Gasteiger partial charge is 0.333 e. The van der Waals surface area contributed by atoms with Gasteiger partial charge in [0.1, 0.15) is 11.3 Å². The topological polar surface area (TPSA) is 91.1 Å². The van der Waals surface area contributed by atoms with Crippen molar-refractivity contribution in [2.75, 3.05) is 7.11 Å². The highest BCUT2D eigenvalue weighted by Crippen LogP contribution is 2.32. The fourth-order valence-corrected chi connectivity index (χ4v) is 4.16. The Morgan fingerprint density at radius 2 is 1.90 bits per heavy atom. The summed E-state index contributed by atoms with van der Waals surface area (Å²) in [5.74, 6) is 2.16. The summed E-state index contributed by atoms with van der Waals surface area (Å²) >= 11 is 0. The van der Waals surface area contributed by atoms with Crippen LogP contribution >= 0.6 is 0 Å². The molecule has 31 heavy (non-hydrogen) atoms. The maximum Gasteiger partial charge on any atom is 0.333 e. The standard InChI is InChI=1S/C23H30N4O4/c1-5-26-22(28)19-21(25-20(24-19)14(2)3)27(23(26)29)13-15-10-11-17(30-4)18(12-15)31-16-8-6-7-9-16/h10-12,14,16H,5-9,13H2,1-4H3,(H,24,25). The molecule has 2 heterocycles. The van der Waals surface area contributed by atoms with E-state index in [0.717, 1.165) is 18.4 Å². The summed E-state index contributed by atoms with van der Waals surface area (Å²) in [6.07, 6.45) is 4.63. The molecule has 0 saturated heterocycles. The maximum atomic E-state index is 13.1. The van der Waals surface area contributed by atoms with Gasteiger partial charge in [0.2, 0.25) is 0 Å². The molecule has 0 radical (unpaired) electrons. The van der Waals surface area contributed by atoms with Gasteiger partial charge in [0.05, 0.1) is 19.8 Å². The quantitative estimate of drug-likeness (QED) is 0.625. The summed E-state index contributed by atoms with van der Waals surface area (Å²) in [6.45, 7) is 6.36. The molecule has 8 nitrogen and oxygen atoms in total. The van der Waals surface area contributed by atoms with Crippen LogP contribution in [0, 0.1) is 0 Å². The lowest BCUT2D eigenvalue weighted by Gasteiger charge is -2.17. The third kappa shape index (κ3) is 3.98. The number of ether oxygens (including phenoxy) is 2. The van der Waals surface area contributed by atoms with Gasteiger partial charge in [-0.25, -0.2) is 9.78 Å². The third-order valence-electron chi connectivity index (χ3n) is 5.91. The van der Waals surface area contributed by atoms with Crippen LogP contribution in [0.25, 0.3) is 11.2 Å². The largest absolute Gasteiger partial charge is 0.493 e. The summed E-state index contributed by atoms with van der Waals surface area (Å²) in [6, 6.07) is 5.70. The zero-order chi connectivity index (χ0) is 22.1. The Labute approximate surface area is 180 Å². The van der Waals surface area contributed by atoms with Crippen LogP contribution in [0.5, 0.6) is 11.5 Å². The minimum atomic E-state index is -0.365. The summed E-state index contributed by atoms with van der Waals surface area (Å²) in [5, 5.41) is 0. The van der Waals surface area contributed by atoms with Gasteiger partial charge >= 0.3 is 5.69 Å². The van der Waals surface area contributed by atoms with E-state index >= 15 is 0 Å². The average molecular weight is 427 g/mol. The number of nitrogens with zero attached hydrogens (tertiary/aromatic N) is 3. The number of nitrogens with one attached hydrogen (secondary N) is 1. The van der Waals surface area contributed by atoms with E-state index in [9.17, 15) is 9.59 Å². The first-order valence-corrected chi connectivity index (χ1v) is 11.0. The van der Waals surface area contributed by atoms with E-state index in [1.54, 1.807) is 18.6 Å². The fraction of sp³-hybridized carbons (Fsp3) is 0.522. The molecule has 1 N–H and O–H groups in total. The normalized spacial score (nSPS) is 14.6. The number of aromatic nitrogens is 4. The van der Waals surface area contributed by atoms with Gasteiger partial charge in [-0.1, -0.05) is 19.9 Å². The highest BCUT2D eigenvalue weighted by Gasteiger charge is 2.21. The number of hydrogen-bond donors (Lipinski definition) is 1. The molecule has 0 atom stereocenters. The van der Waals surface area contributed by atoms with Gasteiger partial charge in [-0.05, 0) is 50.3 Å². The van der Waals surface area contributed by atoms with Crippen molar-refractivity contribution in [3.63, 3.8) is 0 Å². The maximum absolute atomic E-state index is 13.1. The Bertz CT molecular complexity index is 1200. The van der Waals surface area contributed by atoms with E-state index in [1.165, 1.54) is 17.4 Å². The second kappa shape index (κ2) is 8.61. The summed E-state index contributed by atoms with van der Waals surface area (Å²) in [7, 11) is 1.62. The Kier molecular flexibility index (Phi) is 5.89. The number of hydrogen-bond acceptors (Lipinski definition) is 5. The molecule has 0 amide bonds. The highest BCUT2D eigenvalue weighted by atomic mass is 16.5. The molecule has 1 aliphatic rings. The van der Waals surface area contributed by atoms with Gasteiger partial charge in [0.15, 0.2) is 17.1 Å². The van der Waals surface area contributed by atoms with Crippen molar-refractivity contribution in [2.45, 2.75) is 71.6 Å². The predicted octanol–water partition coefficient (Wildman–Crippen LogP) is 3.41. The van der Waals surface area contributed by atoms with Crippen molar-refractivity contribution in [1.29, 1.82) is 0 Å². The van der Waals surface area contributed by atoms with E-state index in [2.05, 4.69) is 9.97 Å². The number of fused-ring (bicyclic) bond motifs is 1.